The molecule has 6 atom stereocenters. The average molecular weight is 480 g/mol. The minimum atomic E-state index is -0.529. The molecule has 0 radical (unpaired) electrons. The van der Waals surface area contributed by atoms with E-state index in [2.05, 4.69) is 13.0 Å². The van der Waals surface area contributed by atoms with Gasteiger partial charge in [-0.2, -0.15) is 0 Å². The first-order valence-corrected chi connectivity index (χ1v) is 12.7. The second-order valence-corrected chi connectivity index (χ2v) is 11.5. The number of fused-ring (bicyclic) bond motifs is 1. The Bertz CT molecular complexity index is 1080. The van der Waals surface area contributed by atoms with Gasteiger partial charge < -0.3 is 24.6 Å². The SMILES string of the molecule is CN(C)c1ccc(C=C2C=C(C=CC3C4(CCC5[C@]3(C)CC[C@@H](O)[C@@]5(C)CO)CO4)C(=O)O2)cc1. The number of carbonyl (C=O) groups is 1. The van der Waals surface area contributed by atoms with E-state index in [-0.39, 0.29) is 35.4 Å². The van der Waals surface area contributed by atoms with Crippen molar-refractivity contribution in [3.05, 3.63) is 59.4 Å². The quantitative estimate of drug-likeness (QED) is 0.489. The Hall–Kier alpha value is -2.41. The van der Waals surface area contributed by atoms with Crippen LogP contribution in [0.15, 0.2) is 53.8 Å². The lowest BCUT2D eigenvalue weighted by atomic mass is 9.45. The van der Waals surface area contributed by atoms with Crippen LogP contribution in [0, 0.1) is 22.7 Å². The first-order chi connectivity index (χ1) is 16.6. The summed E-state index contributed by atoms with van der Waals surface area (Å²) < 4.78 is 11.6. The van der Waals surface area contributed by atoms with Crippen molar-refractivity contribution in [1.82, 2.24) is 0 Å². The van der Waals surface area contributed by atoms with E-state index in [1.54, 1.807) is 6.08 Å². The predicted molar refractivity (Wildman–Crippen MR) is 135 cm³/mol. The van der Waals surface area contributed by atoms with E-state index in [9.17, 15) is 15.0 Å². The smallest absolute Gasteiger partial charge is 0.343 e. The van der Waals surface area contributed by atoms with Crippen LogP contribution < -0.4 is 4.90 Å². The van der Waals surface area contributed by atoms with E-state index in [1.165, 1.54) is 0 Å². The Morgan fingerprint density at radius 2 is 1.86 bits per heavy atom. The zero-order valence-electron chi connectivity index (χ0n) is 21.2. The maximum atomic E-state index is 12.6. The molecule has 2 aliphatic heterocycles. The molecule has 3 fully saturated rings. The summed E-state index contributed by atoms with van der Waals surface area (Å²) in [6.07, 6.45) is 10.6. The molecule has 0 aromatic heterocycles. The highest BCUT2D eigenvalue weighted by Gasteiger charge is 2.66. The summed E-state index contributed by atoms with van der Waals surface area (Å²) in [5.41, 5.74) is 1.76. The molecule has 2 N–H and O–H groups in total. The highest BCUT2D eigenvalue weighted by molar-refractivity contribution is 5.96. The van der Waals surface area contributed by atoms with Crippen molar-refractivity contribution in [2.45, 2.75) is 51.2 Å². The zero-order valence-corrected chi connectivity index (χ0v) is 21.2. The largest absolute Gasteiger partial charge is 0.423 e. The molecule has 188 valence electrons. The molecule has 1 aromatic carbocycles. The van der Waals surface area contributed by atoms with E-state index >= 15 is 0 Å². The Kier molecular flexibility index (Phi) is 5.98. The van der Waals surface area contributed by atoms with Gasteiger partial charge in [-0.05, 0) is 66.9 Å². The fourth-order valence-electron chi connectivity index (χ4n) is 6.97. The second-order valence-electron chi connectivity index (χ2n) is 11.5. The number of anilines is 1. The number of esters is 1. The van der Waals surface area contributed by atoms with Crippen molar-refractivity contribution in [2.24, 2.45) is 22.7 Å². The molecule has 6 heteroatoms. The number of hydrogen-bond donors (Lipinski definition) is 2. The van der Waals surface area contributed by atoms with Crippen molar-refractivity contribution in [3.8, 4) is 0 Å². The molecule has 0 amide bonds. The van der Waals surface area contributed by atoms with Crippen LogP contribution in [0.3, 0.4) is 0 Å². The number of rotatable bonds is 5. The first kappa shape index (κ1) is 24.3. The number of benzene rings is 1. The Balaban J connectivity index is 1.40. The molecule has 1 spiro atoms. The van der Waals surface area contributed by atoms with Crippen LogP contribution in [-0.4, -0.2) is 55.2 Å². The number of allylic oxidation sites excluding steroid dienone is 1. The number of hydrogen-bond acceptors (Lipinski definition) is 6. The molecule has 2 saturated carbocycles. The molecule has 4 aliphatic rings. The van der Waals surface area contributed by atoms with Gasteiger partial charge >= 0.3 is 5.97 Å². The standard InChI is InChI=1S/C29H37NO5/c1-27-13-12-25(32)28(2,17-31)23(27)11-14-29(18-34-29)24(27)10-7-20-16-22(35-26(20)33)15-19-5-8-21(9-6-19)30(3)4/h5-10,15-16,23-25,31-32H,11-14,17-18H2,1-4H3/t23?,24?,25-,27+,28+,29?/m1/s1. The van der Waals surface area contributed by atoms with E-state index in [0.717, 1.165) is 37.1 Å². The topological polar surface area (TPSA) is 82.5 Å². The molecule has 0 bridgehead atoms. The Morgan fingerprint density at radius 1 is 1.14 bits per heavy atom. The minimum Gasteiger partial charge on any atom is -0.423 e. The average Bonchev–Trinajstić information content (AvgIpc) is 3.51. The fraction of sp³-hybridized carbons (Fsp3) is 0.552. The van der Waals surface area contributed by atoms with E-state index < -0.39 is 11.5 Å². The van der Waals surface area contributed by atoms with Crippen LogP contribution in [0.4, 0.5) is 5.69 Å². The van der Waals surface area contributed by atoms with E-state index in [0.29, 0.717) is 17.8 Å². The number of aliphatic hydroxyl groups excluding tert-OH is 2. The molecule has 1 saturated heterocycles. The van der Waals surface area contributed by atoms with Crippen LogP contribution >= 0.6 is 0 Å². The summed E-state index contributed by atoms with van der Waals surface area (Å²) >= 11 is 0. The summed E-state index contributed by atoms with van der Waals surface area (Å²) in [6, 6.07) is 8.07. The maximum absolute atomic E-state index is 12.6. The number of nitrogens with zero attached hydrogens (tertiary/aromatic N) is 1. The van der Waals surface area contributed by atoms with Crippen molar-refractivity contribution in [1.29, 1.82) is 0 Å². The maximum Gasteiger partial charge on any atom is 0.343 e. The molecule has 35 heavy (non-hydrogen) atoms. The summed E-state index contributed by atoms with van der Waals surface area (Å²) in [6.45, 7) is 4.99. The molecule has 5 rings (SSSR count). The van der Waals surface area contributed by atoms with Crippen molar-refractivity contribution in [2.75, 3.05) is 32.2 Å². The van der Waals surface area contributed by atoms with Crippen molar-refractivity contribution < 1.29 is 24.5 Å². The summed E-state index contributed by atoms with van der Waals surface area (Å²) in [7, 11) is 4.00. The predicted octanol–water partition coefficient (Wildman–Crippen LogP) is 4.09. The number of carbonyl (C=O) groups excluding carboxylic acids is 1. The molecule has 3 unspecified atom stereocenters. The Labute approximate surface area is 207 Å². The van der Waals surface area contributed by atoms with Crippen LogP contribution in [0.25, 0.3) is 6.08 Å². The Morgan fingerprint density at radius 3 is 2.49 bits per heavy atom. The summed E-state index contributed by atoms with van der Waals surface area (Å²) in [5.74, 6) is 0.469. The molecular formula is C29H37NO5. The van der Waals surface area contributed by atoms with Gasteiger partial charge in [-0.3, -0.25) is 0 Å². The summed E-state index contributed by atoms with van der Waals surface area (Å²) in [5, 5.41) is 21.0. The molecule has 2 heterocycles. The van der Waals surface area contributed by atoms with Crippen LogP contribution in [0.1, 0.15) is 45.1 Å². The molecular weight excluding hydrogens is 442 g/mol. The molecule has 2 aliphatic carbocycles. The van der Waals surface area contributed by atoms with Gasteiger partial charge in [-0.25, -0.2) is 4.79 Å². The third-order valence-corrected chi connectivity index (χ3v) is 9.23. The zero-order chi connectivity index (χ0) is 25.0. The van der Waals surface area contributed by atoms with Gasteiger partial charge in [0.05, 0.1) is 30.5 Å². The van der Waals surface area contributed by atoms with Gasteiger partial charge in [0.25, 0.3) is 0 Å². The van der Waals surface area contributed by atoms with Crippen LogP contribution in [-0.2, 0) is 14.3 Å². The second kappa shape index (κ2) is 8.61. The first-order valence-electron chi connectivity index (χ1n) is 12.7. The number of cyclic esters (lactones) is 1. The number of ether oxygens (including phenoxy) is 2. The van der Waals surface area contributed by atoms with Gasteiger partial charge in [0.1, 0.15) is 5.76 Å². The van der Waals surface area contributed by atoms with Gasteiger partial charge in [0, 0.05) is 31.1 Å². The highest BCUT2D eigenvalue weighted by Crippen LogP contribution is 2.65. The van der Waals surface area contributed by atoms with Gasteiger partial charge in [-0.15, -0.1) is 0 Å². The number of aliphatic hydroxyl groups is 2. The van der Waals surface area contributed by atoms with Gasteiger partial charge in [0.2, 0.25) is 0 Å². The lowest BCUT2D eigenvalue weighted by molar-refractivity contribution is -0.167. The van der Waals surface area contributed by atoms with Crippen LogP contribution in [0.2, 0.25) is 0 Å². The minimum absolute atomic E-state index is 0.0279. The fourth-order valence-corrected chi connectivity index (χ4v) is 6.97. The third-order valence-electron chi connectivity index (χ3n) is 9.23. The normalized spacial score (nSPS) is 39.6. The lowest BCUT2D eigenvalue weighted by Gasteiger charge is -2.60. The van der Waals surface area contributed by atoms with Gasteiger partial charge in [-0.1, -0.05) is 38.1 Å². The van der Waals surface area contributed by atoms with E-state index in [1.807, 2.05) is 62.3 Å². The van der Waals surface area contributed by atoms with Gasteiger partial charge in [0.15, 0.2) is 0 Å². The highest BCUT2D eigenvalue weighted by atomic mass is 16.6. The van der Waals surface area contributed by atoms with Crippen molar-refractivity contribution in [3.63, 3.8) is 0 Å². The third kappa shape index (κ3) is 4.05. The van der Waals surface area contributed by atoms with E-state index in [4.69, 9.17) is 9.47 Å². The lowest BCUT2D eigenvalue weighted by Crippen LogP contribution is -2.60. The van der Waals surface area contributed by atoms with Crippen LogP contribution in [0.5, 0.6) is 0 Å². The molecule has 1 aromatic rings. The summed E-state index contributed by atoms with van der Waals surface area (Å²) in [4.78, 5) is 14.7. The monoisotopic (exact) mass is 479 g/mol. The van der Waals surface area contributed by atoms with Crippen molar-refractivity contribution >= 4 is 17.7 Å². The molecule has 6 nitrogen and oxygen atoms in total. The number of epoxide rings is 1.